The van der Waals surface area contributed by atoms with Crippen LogP contribution >= 0.6 is 0 Å². The van der Waals surface area contributed by atoms with Crippen LogP contribution in [0.1, 0.15) is 17.3 Å². The van der Waals surface area contributed by atoms with Crippen molar-refractivity contribution in [2.24, 2.45) is 5.84 Å². The van der Waals surface area contributed by atoms with Crippen molar-refractivity contribution in [1.29, 1.82) is 0 Å². The van der Waals surface area contributed by atoms with Crippen LogP contribution in [0.15, 0.2) is 18.2 Å². The molecule has 7 nitrogen and oxygen atoms in total. The van der Waals surface area contributed by atoms with Gasteiger partial charge in [0.1, 0.15) is 5.69 Å². The summed E-state index contributed by atoms with van der Waals surface area (Å²) in [5, 5.41) is 13.2. The maximum atomic E-state index is 11.4. The summed E-state index contributed by atoms with van der Waals surface area (Å²) in [7, 11) is 0. The normalized spacial score (nSPS) is 9.62. The van der Waals surface area contributed by atoms with Crippen molar-refractivity contribution in [1.82, 2.24) is 5.32 Å². The monoisotopic (exact) mass is 224 g/mol. The number of amides is 1. The summed E-state index contributed by atoms with van der Waals surface area (Å²) in [5.41, 5.74) is 2.37. The maximum Gasteiger partial charge on any atom is 0.294 e. The van der Waals surface area contributed by atoms with Gasteiger partial charge in [0.15, 0.2) is 0 Å². The third kappa shape index (κ3) is 2.45. The van der Waals surface area contributed by atoms with Crippen molar-refractivity contribution in [3.05, 3.63) is 33.9 Å². The summed E-state index contributed by atoms with van der Waals surface area (Å²) in [6, 6.07) is 4.04. The minimum Gasteiger partial charge on any atom is -0.352 e. The molecule has 0 aliphatic heterocycles. The topological polar surface area (TPSA) is 110 Å². The van der Waals surface area contributed by atoms with Gasteiger partial charge in [-0.05, 0) is 19.1 Å². The van der Waals surface area contributed by atoms with Gasteiger partial charge in [0.25, 0.3) is 11.6 Å². The highest BCUT2D eigenvalue weighted by molar-refractivity contribution is 5.95. The molecule has 0 unspecified atom stereocenters. The molecule has 0 saturated heterocycles. The second-order valence-electron chi connectivity index (χ2n) is 2.99. The van der Waals surface area contributed by atoms with Crippen LogP contribution in [0.4, 0.5) is 11.4 Å². The highest BCUT2D eigenvalue weighted by Crippen LogP contribution is 2.24. The van der Waals surface area contributed by atoms with Crippen LogP contribution in [-0.2, 0) is 0 Å². The van der Waals surface area contributed by atoms with E-state index in [-0.39, 0.29) is 22.8 Å². The van der Waals surface area contributed by atoms with E-state index in [9.17, 15) is 14.9 Å². The number of hydrazine groups is 1. The summed E-state index contributed by atoms with van der Waals surface area (Å²) in [6.45, 7) is 2.23. The van der Waals surface area contributed by atoms with E-state index in [4.69, 9.17) is 5.84 Å². The summed E-state index contributed by atoms with van der Waals surface area (Å²) >= 11 is 0. The number of nitrogens with two attached hydrogens (primary N) is 1. The average molecular weight is 224 g/mol. The van der Waals surface area contributed by atoms with E-state index in [0.29, 0.717) is 6.54 Å². The van der Waals surface area contributed by atoms with Crippen molar-refractivity contribution >= 4 is 17.3 Å². The Labute approximate surface area is 91.8 Å². The van der Waals surface area contributed by atoms with Gasteiger partial charge in [-0.3, -0.25) is 20.8 Å². The van der Waals surface area contributed by atoms with Crippen LogP contribution in [0, 0.1) is 10.1 Å². The Bertz CT molecular complexity index is 419. The number of carbonyl (C=O) groups excluding carboxylic acids is 1. The predicted molar refractivity (Wildman–Crippen MR) is 58.9 cm³/mol. The molecule has 7 heteroatoms. The number of nitro benzene ring substituents is 1. The summed E-state index contributed by atoms with van der Waals surface area (Å²) < 4.78 is 0. The van der Waals surface area contributed by atoms with Crippen molar-refractivity contribution in [2.75, 3.05) is 12.0 Å². The van der Waals surface area contributed by atoms with Gasteiger partial charge in [0.2, 0.25) is 0 Å². The average Bonchev–Trinajstić information content (AvgIpc) is 2.28. The number of hydrogen-bond donors (Lipinski definition) is 3. The molecular weight excluding hydrogens is 212 g/mol. The standard InChI is InChI=1S/C9H12N4O3/c1-2-11-9(14)6-3-4-7(12-10)8(5-6)13(15)16/h3-5,12H,2,10H2,1H3,(H,11,14). The van der Waals surface area contributed by atoms with E-state index >= 15 is 0 Å². The summed E-state index contributed by atoms with van der Waals surface area (Å²) in [5.74, 6) is 4.77. The Morgan fingerprint density at radius 2 is 2.25 bits per heavy atom. The Morgan fingerprint density at radius 3 is 2.75 bits per heavy atom. The Morgan fingerprint density at radius 1 is 1.56 bits per heavy atom. The molecule has 0 aromatic heterocycles. The molecule has 86 valence electrons. The molecule has 0 atom stereocenters. The fraction of sp³-hybridized carbons (Fsp3) is 0.222. The minimum absolute atomic E-state index is 0.165. The molecule has 4 N–H and O–H groups in total. The fourth-order valence-electron chi connectivity index (χ4n) is 1.21. The van der Waals surface area contributed by atoms with Crippen LogP contribution < -0.4 is 16.6 Å². The molecule has 1 aromatic rings. The molecule has 0 fully saturated rings. The second-order valence-corrected chi connectivity index (χ2v) is 2.99. The number of nitrogens with one attached hydrogen (secondary N) is 2. The first kappa shape index (κ1) is 11.9. The molecule has 0 aliphatic carbocycles. The molecule has 0 radical (unpaired) electrons. The molecule has 1 amide bonds. The van der Waals surface area contributed by atoms with E-state index in [2.05, 4.69) is 10.7 Å². The van der Waals surface area contributed by atoms with E-state index in [1.165, 1.54) is 18.2 Å². The Balaban J connectivity index is 3.11. The van der Waals surface area contributed by atoms with Crippen LogP contribution in [-0.4, -0.2) is 17.4 Å². The molecule has 0 bridgehead atoms. The lowest BCUT2D eigenvalue weighted by Crippen LogP contribution is -2.22. The maximum absolute atomic E-state index is 11.4. The second kappa shape index (κ2) is 5.08. The third-order valence-electron chi connectivity index (χ3n) is 1.95. The molecule has 0 heterocycles. The quantitative estimate of drug-likeness (QED) is 0.394. The van der Waals surface area contributed by atoms with Gasteiger partial charge in [-0.25, -0.2) is 0 Å². The molecule has 0 saturated carbocycles. The Kier molecular flexibility index (Phi) is 3.78. The van der Waals surface area contributed by atoms with Crippen LogP contribution in [0.25, 0.3) is 0 Å². The van der Waals surface area contributed by atoms with Crippen LogP contribution in [0.2, 0.25) is 0 Å². The largest absolute Gasteiger partial charge is 0.352 e. The predicted octanol–water partition coefficient (Wildman–Crippen LogP) is 0.630. The fourth-order valence-corrected chi connectivity index (χ4v) is 1.21. The highest BCUT2D eigenvalue weighted by atomic mass is 16.6. The Hall–Kier alpha value is -2.15. The molecule has 0 spiro atoms. The number of nitrogens with zero attached hydrogens (tertiary/aromatic N) is 1. The van der Waals surface area contributed by atoms with Gasteiger partial charge in [0, 0.05) is 18.2 Å². The lowest BCUT2D eigenvalue weighted by Gasteiger charge is -2.05. The number of carbonyl (C=O) groups is 1. The molecule has 1 rings (SSSR count). The first-order chi connectivity index (χ1) is 7.60. The van der Waals surface area contributed by atoms with Gasteiger partial charge in [-0.1, -0.05) is 0 Å². The molecule has 0 aliphatic rings. The number of hydrogen-bond acceptors (Lipinski definition) is 5. The van der Waals surface area contributed by atoms with Crippen LogP contribution in [0.3, 0.4) is 0 Å². The molecule has 1 aromatic carbocycles. The first-order valence-corrected chi connectivity index (χ1v) is 4.63. The van der Waals surface area contributed by atoms with Crippen molar-refractivity contribution in [3.63, 3.8) is 0 Å². The lowest BCUT2D eigenvalue weighted by atomic mass is 10.1. The number of rotatable bonds is 4. The van der Waals surface area contributed by atoms with Gasteiger partial charge < -0.3 is 10.7 Å². The zero-order valence-corrected chi connectivity index (χ0v) is 8.69. The van der Waals surface area contributed by atoms with Crippen molar-refractivity contribution in [2.45, 2.75) is 6.92 Å². The lowest BCUT2D eigenvalue weighted by molar-refractivity contribution is -0.384. The van der Waals surface area contributed by atoms with Crippen molar-refractivity contribution < 1.29 is 9.72 Å². The van der Waals surface area contributed by atoms with E-state index < -0.39 is 4.92 Å². The summed E-state index contributed by atoms with van der Waals surface area (Å²) in [4.78, 5) is 21.5. The van der Waals surface area contributed by atoms with Crippen LogP contribution in [0.5, 0.6) is 0 Å². The number of benzene rings is 1. The van der Waals surface area contributed by atoms with Gasteiger partial charge >= 0.3 is 0 Å². The zero-order chi connectivity index (χ0) is 12.1. The van der Waals surface area contributed by atoms with E-state index in [0.717, 1.165) is 0 Å². The van der Waals surface area contributed by atoms with Gasteiger partial charge in [-0.2, -0.15) is 0 Å². The van der Waals surface area contributed by atoms with E-state index in [1.54, 1.807) is 6.92 Å². The van der Waals surface area contributed by atoms with E-state index in [1.807, 2.05) is 0 Å². The smallest absolute Gasteiger partial charge is 0.294 e. The van der Waals surface area contributed by atoms with Crippen molar-refractivity contribution in [3.8, 4) is 0 Å². The number of nitrogen functional groups attached to an aromatic ring is 1. The minimum atomic E-state index is -0.599. The first-order valence-electron chi connectivity index (χ1n) is 4.63. The number of anilines is 1. The van der Waals surface area contributed by atoms with Gasteiger partial charge in [-0.15, -0.1) is 0 Å². The SMILES string of the molecule is CCNC(=O)c1ccc(NN)c([N+](=O)[O-])c1. The highest BCUT2D eigenvalue weighted by Gasteiger charge is 2.16. The number of nitro groups is 1. The molecular formula is C9H12N4O3. The van der Waals surface area contributed by atoms with Gasteiger partial charge in [0.05, 0.1) is 4.92 Å². The summed E-state index contributed by atoms with van der Waals surface area (Å²) in [6.07, 6.45) is 0. The zero-order valence-electron chi connectivity index (χ0n) is 8.69. The molecule has 16 heavy (non-hydrogen) atoms. The third-order valence-corrected chi connectivity index (χ3v) is 1.95.